The Morgan fingerprint density at radius 1 is 1.22 bits per heavy atom. The standard InChI is InChI=1S/C17H17N5O/c1-11(9-13-7-8-23-10-13)18-17-20-15-6-4-3-5-14(15)16-19-12(2)21-22(16)17/h3-8,10-11H,9H2,1-2H3,(H,18,20)/t11-/m0/s1. The van der Waals surface area contributed by atoms with Crippen LogP contribution in [0.25, 0.3) is 16.6 Å². The first-order chi connectivity index (χ1) is 11.2. The number of para-hydroxylation sites is 1. The number of aryl methyl sites for hydroxylation is 1. The molecule has 0 saturated carbocycles. The molecule has 0 aliphatic heterocycles. The zero-order valence-corrected chi connectivity index (χ0v) is 13.0. The Balaban J connectivity index is 1.75. The van der Waals surface area contributed by atoms with Crippen LogP contribution in [0.1, 0.15) is 18.3 Å². The SMILES string of the molecule is Cc1nc2c3ccccc3nc(N[C@@H](C)Cc3ccoc3)n2n1. The van der Waals surface area contributed by atoms with E-state index in [2.05, 4.69) is 22.3 Å². The van der Waals surface area contributed by atoms with Gasteiger partial charge in [0.15, 0.2) is 5.65 Å². The predicted molar refractivity (Wildman–Crippen MR) is 88.5 cm³/mol. The first-order valence-corrected chi connectivity index (χ1v) is 7.60. The van der Waals surface area contributed by atoms with Crippen molar-refractivity contribution in [2.75, 3.05) is 5.32 Å². The van der Waals surface area contributed by atoms with Crippen molar-refractivity contribution in [1.82, 2.24) is 19.6 Å². The molecule has 6 heteroatoms. The highest BCUT2D eigenvalue weighted by atomic mass is 16.3. The van der Waals surface area contributed by atoms with Gasteiger partial charge < -0.3 is 9.73 Å². The Kier molecular flexibility index (Phi) is 3.22. The van der Waals surface area contributed by atoms with Crippen LogP contribution in [-0.4, -0.2) is 25.6 Å². The zero-order chi connectivity index (χ0) is 15.8. The molecule has 0 radical (unpaired) electrons. The summed E-state index contributed by atoms with van der Waals surface area (Å²) in [5, 5.41) is 8.91. The molecular weight excluding hydrogens is 290 g/mol. The van der Waals surface area contributed by atoms with Gasteiger partial charge in [-0.2, -0.15) is 4.52 Å². The molecule has 0 aliphatic carbocycles. The van der Waals surface area contributed by atoms with Crippen LogP contribution < -0.4 is 5.32 Å². The van der Waals surface area contributed by atoms with Crippen molar-refractivity contribution >= 4 is 22.5 Å². The highest BCUT2D eigenvalue weighted by Crippen LogP contribution is 2.21. The van der Waals surface area contributed by atoms with Gasteiger partial charge in [-0.05, 0) is 44.0 Å². The average Bonchev–Trinajstić information content (AvgIpc) is 3.16. The normalized spacial score (nSPS) is 12.8. The van der Waals surface area contributed by atoms with Gasteiger partial charge in [-0.15, -0.1) is 5.10 Å². The number of furan rings is 1. The molecule has 1 atom stereocenters. The van der Waals surface area contributed by atoms with E-state index in [1.165, 1.54) is 0 Å². The van der Waals surface area contributed by atoms with Crippen molar-refractivity contribution in [3.8, 4) is 0 Å². The number of nitrogens with zero attached hydrogens (tertiary/aromatic N) is 4. The van der Waals surface area contributed by atoms with Gasteiger partial charge in [-0.3, -0.25) is 0 Å². The first-order valence-electron chi connectivity index (χ1n) is 7.60. The number of anilines is 1. The molecule has 116 valence electrons. The Labute approximate surface area is 133 Å². The molecule has 0 unspecified atom stereocenters. The molecule has 3 heterocycles. The fourth-order valence-corrected chi connectivity index (χ4v) is 2.79. The van der Waals surface area contributed by atoms with Gasteiger partial charge in [0.25, 0.3) is 0 Å². The summed E-state index contributed by atoms with van der Waals surface area (Å²) in [6, 6.07) is 10.1. The van der Waals surface area contributed by atoms with Crippen molar-refractivity contribution in [2.45, 2.75) is 26.3 Å². The number of fused-ring (bicyclic) bond motifs is 3. The van der Waals surface area contributed by atoms with E-state index in [1.54, 1.807) is 17.0 Å². The van der Waals surface area contributed by atoms with Crippen molar-refractivity contribution in [3.63, 3.8) is 0 Å². The molecule has 23 heavy (non-hydrogen) atoms. The van der Waals surface area contributed by atoms with Crippen LogP contribution >= 0.6 is 0 Å². The second-order valence-electron chi connectivity index (χ2n) is 5.73. The van der Waals surface area contributed by atoms with Crippen LogP contribution in [0.15, 0.2) is 47.3 Å². The van der Waals surface area contributed by atoms with Crippen LogP contribution in [-0.2, 0) is 6.42 Å². The number of aromatic nitrogens is 4. The molecule has 6 nitrogen and oxygen atoms in total. The summed E-state index contributed by atoms with van der Waals surface area (Å²) in [5.41, 5.74) is 2.88. The fraction of sp³-hybridized carbons (Fsp3) is 0.235. The molecule has 1 N–H and O–H groups in total. The molecule has 0 fully saturated rings. The second kappa shape index (κ2) is 5.39. The molecule has 0 saturated heterocycles. The second-order valence-corrected chi connectivity index (χ2v) is 5.73. The highest BCUT2D eigenvalue weighted by molar-refractivity contribution is 5.92. The van der Waals surface area contributed by atoms with Crippen LogP contribution in [0.5, 0.6) is 0 Å². The predicted octanol–water partition coefficient (Wildman–Crippen LogP) is 3.22. The minimum Gasteiger partial charge on any atom is -0.472 e. The molecule has 4 rings (SSSR count). The molecule has 0 spiro atoms. The van der Waals surface area contributed by atoms with Crippen LogP contribution in [0, 0.1) is 6.92 Å². The lowest BCUT2D eigenvalue weighted by atomic mass is 10.1. The third kappa shape index (κ3) is 2.52. The number of hydrogen-bond donors (Lipinski definition) is 1. The van der Waals surface area contributed by atoms with Gasteiger partial charge in [0, 0.05) is 11.4 Å². The maximum atomic E-state index is 5.13. The smallest absolute Gasteiger partial charge is 0.226 e. The fourth-order valence-electron chi connectivity index (χ4n) is 2.79. The molecule has 0 amide bonds. The number of hydrogen-bond acceptors (Lipinski definition) is 5. The summed E-state index contributed by atoms with van der Waals surface area (Å²) >= 11 is 0. The van der Waals surface area contributed by atoms with E-state index >= 15 is 0 Å². The van der Waals surface area contributed by atoms with E-state index in [9.17, 15) is 0 Å². The molecule has 0 aliphatic rings. The van der Waals surface area contributed by atoms with Crippen molar-refractivity contribution in [2.24, 2.45) is 0 Å². The summed E-state index contributed by atoms with van der Waals surface area (Å²) < 4.78 is 6.91. The summed E-state index contributed by atoms with van der Waals surface area (Å²) in [7, 11) is 0. The van der Waals surface area contributed by atoms with Crippen LogP contribution in [0.2, 0.25) is 0 Å². The third-order valence-electron chi connectivity index (χ3n) is 3.78. The topological polar surface area (TPSA) is 68.2 Å². The third-order valence-corrected chi connectivity index (χ3v) is 3.78. The largest absolute Gasteiger partial charge is 0.472 e. The van der Waals surface area contributed by atoms with E-state index in [0.29, 0.717) is 5.95 Å². The zero-order valence-electron chi connectivity index (χ0n) is 13.0. The monoisotopic (exact) mass is 307 g/mol. The Morgan fingerprint density at radius 3 is 2.91 bits per heavy atom. The lowest BCUT2D eigenvalue weighted by Crippen LogP contribution is -2.21. The number of benzene rings is 1. The van der Waals surface area contributed by atoms with Crippen LogP contribution in [0.3, 0.4) is 0 Å². The molecule has 4 aromatic rings. The quantitative estimate of drug-likeness (QED) is 0.627. The molecular formula is C17H17N5O. The van der Waals surface area contributed by atoms with E-state index < -0.39 is 0 Å². The van der Waals surface area contributed by atoms with E-state index in [-0.39, 0.29) is 6.04 Å². The van der Waals surface area contributed by atoms with Gasteiger partial charge >= 0.3 is 0 Å². The minimum absolute atomic E-state index is 0.189. The van der Waals surface area contributed by atoms with Crippen LogP contribution in [0.4, 0.5) is 5.95 Å². The highest BCUT2D eigenvalue weighted by Gasteiger charge is 2.14. The van der Waals surface area contributed by atoms with Gasteiger partial charge in [-0.1, -0.05) is 12.1 Å². The number of nitrogens with one attached hydrogen (secondary N) is 1. The molecule has 3 aromatic heterocycles. The summed E-state index contributed by atoms with van der Waals surface area (Å²) in [4.78, 5) is 9.25. The summed E-state index contributed by atoms with van der Waals surface area (Å²) in [6.07, 6.45) is 4.30. The van der Waals surface area contributed by atoms with E-state index in [4.69, 9.17) is 9.40 Å². The van der Waals surface area contributed by atoms with E-state index in [1.807, 2.05) is 37.3 Å². The van der Waals surface area contributed by atoms with Crippen molar-refractivity contribution in [1.29, 1.82) is 0 Å². The maximum absolute atomic E-state index is 5.13. The lowest BCUT2D eigenvalue weighted by molar-refractivity contribution is 0.562. The first kappa shape index (κ1) is 13.8. The van der Waals surface area contributed by atoms with Gasteiger partial charge in [-0.25, -0.2) is 9.97 Å². The van der Waals surface area contributed by atoms with Gasteiger partial charge in [0.2, 0.25) is 5.95 Å². The Bertz CT molecular complexity index is 958. The minimum atomic E-state index is 0.189. The van der Waals surface area contributed by atoms with Gasteiger partial charge in [0.05, 0.1) is 18.0 Å². The molecule has 1 aromatic carbocycles. The maximum Gasteiger partial charge on any atom is 0.226 e. The Hall–Kier alpha value is -2.89. The molecule has 0 bridgehead atoms. The Morgan fingerprint density at radius 2 is 2.09 bits per heavy atom. The lowest BCUT2D eigenvalue weighted by Gasteiger charge is -2.14. The summed E-state index contributed by atoms with van der Waals surface area (Å²) in [5.74, 6) is 1.43. The van der Waals surface area contributed by atoms with Gasteiger partial charge in [0.1, 0.15) is 5.82 Å². The van der Waals surface area contributed by atoms with Crippen molar-refractivity contribution < 1.29 is 4.42 Å². The average molecular weight is 307 g/mol. The summed E-state index contributed by atoms with van der Waals surface area (Å²) in [6.45, 7) is 4.00. The van der Waals surface area contributed by atoms with E-state index in [0.717, 1.165) is 34.4 Å². The number of rotatable bonds is 4. The van der Waals surface area contributed by atoms with Crippen molar-refractivity contribution in [3.05, 3.63) is 54.2 Å².